The summed E-state index contributed by atoms with van der Waals surface area (Å²) < 4.78 is 18.6. The van der Waals surface area contributed by atoms with E-state index in [0.29, 0.717) is 22.3 Å². The van der Waals surface area contributed by atoms with Crippen molar-refractivity contribution in [3.63, 3.8) is 0 Å². The molecule has 3 heteroatoms. The van der Waals surface area contributed by atoms with Gasteiger partial charge < -0.3 is 4.42 Å². The maximum absolute atomic E-state index is 13.1. The van der Waals surface area contributed by atoms with Crippen LogP contribution in [0, 0.1) is 12.7 Å². The SMILES string of the molecule is C=C(C)CC(=O)c1oc2ccc(F)cc2c1C. The highest BCUT2D eigenvalue weighted by atomic mass is 19.1. The van der Waals surface area contributed by atoms with E-state index in [9.17, 15) is 9.18 Å². The number of furan rings is 1. The van der Waals surface area contributed by atoms with E-state index in [1.807, 2.05) is 0 Å². The Morgan fingerprint density at radius 2 is 2.18 bits per heavy atom. The van der Waals surface area contributed by atoms with Crippen LogP contribution >= 0.6 is 0 Å². The number of carbonyl (C=O) groups is 1. The smallest absolute Gasteiger partial charge is 0.202 e. The van der Waals surface area contributed by atoms with E-state index < -0.39 is 0 Å². The lowest BCUT2D eigenvalue weighted by atomic mass is 10.1. The van der Waals surface area contributed by atoms with Crippen LogP contribution in [0.5, 0.6) is 0 Å². The van der Waals surface area contributed by atoms with Crippen LogP contribution < -0.4 is 0 Å². The van der Waals surface area contributed by atoms with Crippen LogP contribution in [0.1, 0.15) is 29.5 Å². The van der Waals surface area contributed by atoms with Crippen LogP contribution in [-0.4, -0.2) is 5.78 Å². The second-order valence-electron chi connectivity index (χ2n) is 4.25. The molecule has 17 heavy (non-hydrogen) atoms. The van der Waals surface area contributed by atoms with Crippen molar-refractivity contribution in [1.82, 2.24) is 0 Å². The summed E-state index contributed by atoms with van der Waals surface area (Å²) in [6.07, 6.45) is 0.253. The molecule has 2 rings (SSSR count). The number of hydrogen-bond donors (Lipinski definition) is 0. The summed E-state index contributed by atoms with van der Waals surface area (Å²) in [5.41, 5.74) is 2.00. The topological polar surface area (TPSA) is 30.2 Å². The number of halogens is 1. The van der Waals surface area contributed by atoms with E-state index in [0.717, 1.165) is 5.57 Å². The first-order valence-electron chi connectivity index (χ1n) is 5.35. The number of hydrogen-bond acceptors (Lipinski definition) is 2. The monoisotopic (exact) mass is 232 g/mol. The fraction of sp³-hybridized carbons (Fsp3) is 0.214. The van der Waals surface area contributed by atoms with Crippen molar-refractivity contribution in [3.05, 3.63) is 47.5 Å². The molecule has 0 aliphatic rings. The van der Waals surface area contributed by atoms with Crippen LogP contribution in [0.2, 0.25) is 0 Å². The highest BCUT2D eigenvalue weighted by Gasteiger charge is 2.17. The number of Topliss-reactive ketones (excluding diaryl/α,β-unsaturated/α-hetero) is 1. The molecule has 0 radical (unpaired) electrons. The van der Waals surface area contributed by atoms with Crippen molar-refractivity contribution in [3.8, 4) is 0 Å². The third kappa shape index (κ3) is 2.13. The van der Waals surface area contributed by atoms with Crippen LogP contribution in [0.3, 0.4) is 0 Å². The Morgan fingerprint density at radius 1 is 1.47 bits per heavy atom. The molecule has 0 atom stereocenters. The van der Waals surface area contributed by atoms with E-state index in [2.05, 4.69) is 6.58 Å². The normalized spacial score (nSPS) is 10.8. The molecular formula is C14H13FO2. The van der Waals surface area contributed by atoms with Gasteiger partial charge >= 0.3 is 0 Å². The average molecular weight is 232 g/mol. The van der Waals surface area contributed by atoms with Gasteiger partial charge in [-0.05, 0) is 32.0 Å². The number of ketones is 1. The molecule has 0 N–H and O–H groups in total. The third-order valence-electron chi connectivity index (χ3n) is 2.61. The van der Waals surface area contributed by atoms with Gasteiger partial charge in [0.1, 0.15) is 11.4 Å². The van der Waals surface area contributed by atoms with Crippen molar-refractivity contribution < 1.29 is 13.6 Å². The highest BCUT2D eigenvalue weighted by molar-refractivity contribution is 6.01. The molecule has 1 aromatic carbocycles. The molecule has 0 unspecified atom stereocenters. The first-order chi connectivity index (χ1) is 7.99. The summed E-state index contributed by atoms with van der Waals surface area (Å²) in [6, 6.07) is 4.24. The lowest BCUT2D eigenvalue weighted by Crippen LogP contribution is -1.99. The molecule has 0 aliphatic heterocycles. The number of allylic oxidation sites excluding steroid dienone is 1. The van der Waals surface area contributed by atoms with Gasteiger partial charge in [0.25, 0.3) is 0 Å². The maximum Gasteiger partial charge on any atom is 0.202 e. The third-order valence-corrected chi connectivity index (χ3v) is 2.61. The van der Waals surface area contributed by atoms with Gasteiger partial charge in [0.15, 0.2) is 5.76 Å². The van der Waals surface area contributed by atoms with E-state index in [1.165, 1.54) is 18.2 Å². The zero-order valence-electron chi connectivity index (χ0n) is 9.84. The van der Waals surface area contributed by atoms with E-state index >= 15 is 0 Å². The Balaban J connectivity index is 2.52. The van der Waals surface area contributed by atoms with Gasteiger partial charge in [-0.3, -0.25) is 4.79 Å². The fourth-order valence-corrected chi connectivity index (χ4v) is 1.81. The predicted molar refractivity (Wildman–Crippen MR) is 64.7 cm³/mol. The second kappa shape index (κ2) is 4.17. The van der Waals surface area contributed by atoms with Gasteiger partial charge in [-0.25, -0.2) is 4.39 Å². The van der Waals surface area contributed by atoms with E-state index in [-0.39, 0.29) is 18.0 Å². The minimum absolute atomic E-state index is 0.119. The van der Waals surface area contributed by atoms with Crippen molar-refractivity contribution >= 4 is 16.8 Å². The predicted octanol–water partition coefficient (Wildman–Crippen LogP) is 4.03. The largest absolute Gasteiger partial charge is 0.453 e. The summed E-state index contributed by atoms with van der Waals surface area (Å²) in [6.45, 7) is 7.24. The number of carbonyl (C=O) groups excluding carboxylic acids is 1. The zero-order chi connectivity index (χ0) is 12.6. The van der Waals surface area contributed by atoms with Crippen molar-refractivity contribution in [1.29, 1.82) is 0 Å². The van der Waals surface area contributed by atoms with E-state index in [1.54, 1.807) is 13.8 Å². The molecule has 88 valence electrons. The lowest BCUT2D eigenvalue weighted by Gasteiger charge is -1.97. The van der Waals surface area contributed by atoms with Crippen molar-refractivity contribution in [2.45, 2.75) is 20.3 Å². The molecular weight excluding hydrogens is 219 g/mol. The first-order valence-corrected chi connectivity index (χ1v) is 5.35. The standard InChI is InChI=1S/C14H13FO2/c1-8(2)6-12(16)14-9(3)11-7-10(15)4-5-13(11)17-14/h4-5,7H,1,6H2,2-3H3. The summed E-state index contributed by atoms with van der Waals surface area (Å²) in [5.74, 6) is -0.152. The van der Waals surface area contributed by atoms with Crippen LogP contribution in [0.15, 0.2) is 34.8 Å². The summed E-state index contributed by atoms with van der Waals surface area (Å²) in [4.78, 5) is 11.9. The Kier molecular flexibility index (Phi) is 2.84. The minimum atomic E-state index is -0.333. The van der Waals surface area contributed by atoms with Gasteiger partial charge in [-0.2, -0.15) is 0 Å². The summed E-state index contributed by atoms with van der Waals surface area (Å²) in [7, 11) is 0. The molecule has 0 fully saturated rings. The van der Waals surface area contributed by atoms with Gasteiger partial charge in [0, 0.05) is 17.4 Å². The Morgan fingerprint density at radius 3 is 2.82 bits per heavy atom. The Labute approximate surface area is 98.7 Å². The molecule has 1 heterocycles. The van der Waals surface area contributed by atoms with Crippen LogP contribution in [0.25, 0.3) is 11.0 Å². The zero-order valence-corrected chi connectivity index (χ0v) is 9.84. The highest BCUT2D eigenvalue weighted by Crippen LogP contribution is 2.27. The Bertz CT molecular complexity index is 608. The molecule has 2 aromatic rings. The maximum atomic E-state index is 13.1. The summed E-state index contributed by atoms with van der Waals surface area (Å²) >= 11 is 0. The quantitative estimate of drug-likeness (QED) is 0.590. The molecule has 2 nitrogen and oxygen atoms in total. The van der Waals surface area contributed by atoms with Gasteiger partial charge in [-0.1, -0.05) is 12.2 Å². The van der Waals surface area contributed by atoms with Gasteiger partial charge in [0.2, 0.25) is 5.78 Å². The second-order valence-corrected chi connectivity index (χ2v) is 4.25. The Hall–Kier alpha value is -1.90. The fourth-order valence-electron chi connectivity index (χ4n) is 1.81. The molecule has 0 spiro atoms. The average Bonchev–Trinajstić information content (AvgIpc) is 2.55. The molecule has 0 aliphatic carbocycles. The van der Waals surface area contributed by atoms with Gasteiger partial charge in [0.05, 0.1) is 0 Å². The van der Waals surface area contributed by atoms with Crippen molar-refractivity contribution in [2.24, 2.45) is 0 Å². The molecule has 0 bridgehead atoms. The first kappa shape index (κ1) is 11.6. The molecule has 1 aromatic heterocycles. The summed E-state index contributed by atoms with van der Waals surface area (Å²) in [5, 5.41) is 0.648. The number of benzene rings is 1. The molecule has 0 amide bonds. The molecule has 0 saturated heterocycles. The lowest BCUT2D eigenvalue weighted by molar-refractivity contribution is 0.0968. The number of rotatable bonds is 3. The number of aryl methyl sites for hydroxylation is 1. The van der Waals surface area contributed by atoms with Crippen LogP contribution in [-0.2, 0) is 0 Å². The van der Waals surface area contributed by atoms with Crippen LogP contribution in [0.4, 0.5) is 4.39 Å². The van der Waals surface area contributed by atoms with Gasteiger partial charge in [-0.15, -0.1) is 0 Å². The molecule has 0 saturated carbocycles. The minimum Gasteiger partial charge on any atom is -0.453 e. The number of fused-ring (bicyclic) bond motifs is 1. The van der Waals surface area contributed by atoms with Crippen molar-refractivity contribution in [2.75, 3.05) is 0 Å². The van der Waals surface area contributed by atoms with E-state index in [4.69, 9.17) is 4.42 Å².